The fourth-order valence-corrected chi connectivity index (χ4v) is 3.16. The van der Waals surface area contributed by atoms with Gasteiger partial charge < -0.3 is 4.74 Å². The minimum absolute atomic E-state index is 0.178. The van der Waals surface area contributed by atoms with Crippen LogP contribution in [0.5, 0.6) is 5.75 Å². The van der Waals surface area contributed by atoms with Crippen LogP contribution in [0, 0.1) is 0 Å². The van der Waals surface area contributed by atoms with Gasteiger partial charge in [-0.05, 0) is 28.7 Å². The number of hydroxylamine groups is 1. The van der Waals surface area contributed by atoms with Gasteiger partial charge in [0.1, 0.15) is 5.75 Å². The van der Waals surface area contributed by atoms with Gasteiger partial charge in [0.25, 0.3) is 10.0 Å². The van der Waals surface area contributed by atoms with Gasteiger partial charge in [-0.25, -0.2) is 8.42 Å². The molecule has 3 rings (SSSR count). The zero-order chi connectivity index (χ0) is 14.2. The first-order valence-corrected chi connectivity index (χ1v) is 7.47. The second-order valence-corrected chi connectivity index (χ2v) is 6.09. The molecule has 0 amide bonds. The van der Waals surface area contributed by atoms with Gasteiger partial charge in [-0.1, -0.05) is 30.3 Å². The maximum absolute atomic E-state index is 12.3. The zero-order valence-electron chi connectivity index (χ0n) is 10.8. The quantitative estimate of drug-likeness (QED) is 0.811. The molecule has 104 valence electrons. The Labute approximate surface area is 117 Å². The molecule has 0 N–H and O–H groups in total. The summed E-state index contributed by atoms with van der Waals surface area (Å²) in [5.41, 5.74) is 0.810. The van der Waals surface area contributed by atoms with Gasteiger partial charge in [0.2, 0.25) is 0 Å². The third-order valence-corrected chi connectivity index (χ3v) is 4.65. The topological polar surface area (TPSA) is 58.9 Å². The molecule has 5 nitrogen and oxygen atoms in total. The van der Waals surface area contributed by atoms with Crippen molar-refractivity contribution in [1.82, 2.24) is 4.47 Å². The Kier molecular flexibility index (Phi) is 3.21. The second-order valence-electron chi connectivity index (χ2n) is 4.30. The van der Waals surface area contributed by atoms with E-state index < -0.39 is 16.3 Å². The zero-order valence-corrected chi connectivity index (χ0v) is 11.6. The van der Waals surface area contributed by atoms with E-state index in [1.54, 1.807) is 12.1 Å². The van der Waals surface area contributed by atoms with Crippen molar-refractivity contribution in [2.45, 2.75) is 11.1 Å². The van der Waals surface area contributed by atoms with Gasteiger partial charge in [-0.2, -0.15) is 0 Å². The van der Waals surface area contributed by atoms with Crippen molar-refractivity contribution in [3.63, 3.8) is 0 Å². The first kappa shape index (κ1) is 13.1. The van der Waals surface area contributed by atoms with E-state index in [1.165, 1.54) is 19.2 Å². The smallest absolute Gasteiger partial charge is 0.267 e. The van der Waals surface area contributed by atoms with E-state index in [2.05, 4.69) is 0 Å². The molecule has 1 unspecified atom stereocenters. The van der Waals surface area contributed by atoms with Crippen LogP contribution >= 0.6 is 0 Å². The van der Waals surface area contributed by atoms with Crippen molar-refractivity contribution in [2.75, 3.05) is 7.11 Å². The highest BCUT2D eigenvalue weighted by Gasteiger charge is 2.48. The standard InChI is InChI=1S/C14H13NO4S/c1-18-12-7-9-13(10-8-12)20(16,17)15-14(19-15)11-5-3-2-4-6-11/h2-10,14H,1H3/t14-,15?/m0/s1. The fourth-order valence-electron chi connectivity index (χ4n) is 1.91. The van der Waals surface area contributed by atoms with Crippen LogP contribution in [0.1, 0.15) is 11.8 Å². The molecule has 0 aromatic heterocycles. The first-order valence-electron chi connectivity index (χ1n) is 6.03. The van der Waals surface area contributed by atoms with Gasteiger partial charge in [-0.15, -0.1) is 0 Å². The number of hydrogen-bond acceptors (Lipinski definition) is 4. The predicted molar refractivity (Wildman–Crippen MR) is 72.3 cm³/mol. The SMILES string of the molecule is COc1ccc(S(=O)(=O)N2O[C@H]2c2ccccc2)cc1. The number of nitrogens with zero attached hydrogens (tertiary/aromatic N) is 1. The maximum Gasteiger partial charge on any atom is 0.267 e. The highest BCUT2D eigenvalue weighted by molar-refractivity contribution is 7.89. The molecule has 0 aliphatic carbocycles. The number of benzene rings is 2. The van der Waals surface area contributed by atoms with Crippen molar-refractivity contribution >= 4 is 10.0 Å². The second kappa shape index (κ2) is 4.90. The molecule has 0 radical (unpaired) electrons. The summed E-state index contributed by atoms with van der Waals surface area (Å²) in [6, 6.07) is 15.4. The molecule has 1 fully saturated rings. The van der Waals surface area contributed by atoms with Crippen LogP contribution in [-0.2, 0) is 14.9 Å². The van der Waals surface area contributed by atoms with E-state index in [-0.39, 0.29) is 4.90 Å². The lowest BCUT2D eigenvalue weighted by Gasteiger charge is -2.04. The lowest BCUT2D eigenvalue weighted by atomic mass is 10.2. The molecule has 0 spiro atoms. The molecule has 20 heavy (non-hydrogen) atoms. The number of hydrogen-bond donors (Lipinski definition) is 0. The molecule has 2 atom stereocenters. The van der Waals surface area contributed by atoms with Crippen LogP contribution in [0.25, 0.3) is 0 Å². The number of sulfonamides is 1. The molecule has 1 aliphatic rings. The summed E-state index contributed by atoms with van der Waals surface area (Å²) in [5, 5.41) is 0. The van der Waals surface area contributed by atoms with Gasteiger partial charge in [0, 0.05) is 5.56 Å². The Morgan fingerprint density at radius 2 is 1.70 bits per heavy atom. The van der Waals surface area contributed by atoms with Crippen LogP contribution in [0.4, 0.5) is 0 Å². The summed E-state index contributed by atoms with van der Waals surface area (Å²) in [6.07, 6.45) is -0.539. The highest BCUT2D eigenvalue weighted by atomic mass is 32.2. The van der Waals surface area contributed by atoms with E-state index in [9.17, 15) is 8.42 Å². The Hall–Kier alpha value is -1.89. The minimum Gasteiger partial charge on any atom is -0.497 e. The molecular formula is C14H13NO4S. The van der Waals surface area contributed by atoms with Gasteiger partial charge in [0.15, 0.2) is 6.23 Å². The predicted octanol–water partition coefficient (Wildman–Crippen LogP) is 2.33. The Balaban J connectivity index is 1.83. The van der Waals surface area contributed by atoms with E-state index >= 15 is 0 Å². The average molecular weight is 291 g/mol. The molecule has 0 saturated carbocycles. The molecule has 2 aromatic rings. The third-order valence-electron chi connectivity index (χ3n) is 3.03. The molecular weight excluding hydrogens is 278 g/mol. The van der Waals surface area contributed by atoms with Gasteiger partial charge in [0.05, 0.1) is 12.0 Å². The lowest BCUT2D eigenvalue weighted by molar-refractivity contribution is 0.283. The summed E-state index contributed by atoms with van der Waals surface area (Å²) in [6.45, 7) is 0. The maximum atomic E-state index is 12.3. The molecule has 1 heterocycles. The average Bonchev–Trinajstić information content (AvgIpc) is 3.29. The van der Waals surface area contributed by atoms with E-state index in [0.29, 0.717) is 5.75 Å². The van der Waals surface area contributed by atoms with Crippen LogP contribution in [-0.4, -0.2) is 20.0 Å². The monoisotopic (exact) mass is 291 g/mol. The number of ether oxygens (including phenoxy) is 1. The number of rotatable bonds is 4. The third kappa shape index (κ3) is 2.29. The minimum atomic E-state index is -3.63. The molecule has 6 heteroatoms. The number of methoxy groups -OCH3 is 1. The Morgan fingerprint density at radius 1 is 1.05 bits per heavy atom. The summed E-state index contributed by atoms with van der Waals surface area (Å²) in [7, 11) is -2.10. The largest absolute Gasteiger partial charge is 0.497 e. The van der Waals surface area contributed by atoms with Crippen molar-refractivity contribution in [3.05, 3.63) is 60.2 Å². The summed E-state index contributed by atoms with van der Waals surface area (Å²) in [5.74, 6) is 0.607. The highest BCUT2D eigenvalue weighted by Crippen LogP contribution is 2.42. The van der Waals surface area contributed by atoms with E-state index in [4.69, 9.17) is 9.57 Å². The Bertz CT molecular complexity index is 698. The first-order chi connectivity index (χ1) is 9.63. The molecule has 1 aliphatic heterocycles. The molecule has 1 saturated heterocycles. The van der Waals surface area contributed by atoms with Crippen LogP contribution in [0.3, 0.4) is 0 Å². The lowest BCUT2D eigenvalue weighted by Crippen LogP contribution is -2.12. The van der Waals surface area contributed by atoms with Gasteiger partial charge in [-0.3, -0.25) is 4.84 Å². The fraction of sp³-hybridized carbons (Fsp3) is 0.143. The van der Waals surface area contributed by atoms with Crippen molar-refractivity contribution in [3.8, 4) is 5.75 Å². The summed E-state index contributed by atoms with van der Waals surface area (Å²) >= 11 is 0. The van der Waals surface area contributed by atoms with Gasteiger partial charge >= 0.3 is 0 Å². The van der Waals surface area contributed by atoms with Crippen LogP contribution in [0.15, 0.2) is 59.5 Å². The van der Waals surface area contributed by atoms with E-state index in [0.717, 1.165) is 10.0 Å². The van der Waals surface area contributed by atoms with E-state index in [1.807, 2.05) is 30.3 Å². The van der Waals surface area contributed by atoms with Crippen molar-refractivity contribution in [1.29, 1.82) is 0 Å². The molecule has 0 bridgehead atoms. The summed E-state index contributed by atoms with van der Waals surface area (Å²) < 4.78 is 30.7. The van der Waals surface area contributed by atoms with Crippen LogP contribution < -0.4 is 4.74 Å². The normalized spacial score (nSPS) is 21.4. The summed E-state index contributed by atoms with van der Waals surface area (Å²) in [4.78, 5) is 5.37. The van der Waals surface area contributed by atoms with Crippen molar-refractivity contribution < 1.29 is 18.0 Å². The molecule has 2 aromatic carbocycles. The van der Waals surface area contributed by atoms with Crippen LogP contribution in [0.2, 0.25) is 0 Å². The van der Waals surface area contributed by atoms with Crippen molar-refractivity contribution in [2.24, 2.45) is 0 Å². The Morgan fingerprint density at radius 3 is 2.30 bits per heavy atom.